The van der Waals surface area contributed by atoms with E-state index in [4.69, 9.17) is 9.47 Å². The molecule has 1 N–H and O–H groups in total. The van der Waals surface area contributed by atoms with Crippen LogP contribution in [0.25, 0.3) is 0 Å². The molecule has 0 unspecified atom stereocenters. The molecule has 0 spiro atoms. The van der Waals surface area contributed by atoms with Gasteiger partial charge in [-0.25, -0.2) is 0 Å². The summed E-state index contributed by atoms with van der Waals surface area (Å²) in [6.07, 6.45) is 40.5. The zero-order valence-electron chi connectivity index (χ0n) is 30.4. The van der Waals surface area contributed by atoms with Crippen molar-refractivity contribution in [2.45, 2.75) is 232 Å². The van der Waals surface area contributed by atoms with Crippen molar-refractivity contribution in [3.8, 4) is 0 Å². The number of ether oxygens (including phenoxy) is 2. The number of aliphatic hydroxyl groups excluding tert-OH is 1. The number of rotatable bonds is 37. The summed E-state index contributed by atoms with van der Waals surface area (Å²) in [4.78, 5) is 24.1. The minimum atomic E-state index is -0.759. The highest BCUT2D eigenvalue weighted by molar-refractivity contribution is 5.70. The Bertz CT molecular complexity index is 607. The number of aliphatic hydroxyl groups is 1. The Morgan fingerprint density at radius 3 is 0.978 bits per heavy atom. The third kappa shape index (κ3) is 35.6. The first-order valence-corrected chi connectivity index (χ1v) is 20.1. The summed E-state index contributed by atoms with van der Waals surface area (Å²) in [5, 5.41) is 9.50. The lowest BCUT2D eigenvalue weighted by atomic mass is 10.0. The van der Waals surface area contributed by atoms with Gasteiger partial charge in [0.2, 0.25) is 0 Å². The Morgan fingerprint density at radius 1 is 0.422 bits per heavy atom. The molecular weight excluding hydrogens is 560 g/mol. The van der Waals surface area contributed by atoms with Gasteiger partial charge in [-0.15, -0.1) is 0 Å². The van der Waals surface area contributed by atoms with Gasteiger partial charge in [0.25, 0.3) is 0 Å². The van der Waals surface area contributed by atoms with Gasteiger partial charge in [-0.2, -0.15) is 0 Å². The predicted octanol–water partition coefficient (Wildman–Crippen LogP) is 12.3. The van der Waals surface area contributed by atoms with Gasteiger partial charge in [-0.1, -0.05) is 200 Å². The molecule has 45 heavy (non-hydrogen) atoms. The predicted molar refractivity (Wildman–Crippen MR) is 192 cm³/mol. The Hall–Kier alpha value is -1.10. The minimum Gasteiger partial charge on any atom is -0.462 e. The van der Waals surface area contributed by atoms with E-state index < -0.39 is 6.10 Å². The molecule has 0 aromatic heterocycles. The summed E-state index contributed by atoms with van der Waals surface area (Å²) in [7, 11) is 0. The van der Waals surface area contributed by atoms with Gasteiger partial charge in [-0.3, -0.25) is 9.59 Å². The molecular formula is C40H78O5. The third-order valence-corrected chi connectivity index (χ3v) is 9.15. The molecule has 0 heterocycles. The second-order valence-electron chi connectivity index (χ2n) is 13.7. The Labute approximate surface area is 280 Å². The van der Waals surface area contributed by atoms with Crippen LogP contribution in [0.5, 0.6) is 0 Å². The first kappa shape index (κ1) is 43.9. The van der Waals surface area contributed by atoms with Crippen LogP contribution < -0.4 is 0 Å². The Balaban J connectivity index is 3.40. The standard InChI is InChI=1S/C40H78O5/c1-3-5-7-9-11-13-14-15-16-17-18-19-20-21-22-23-24-25-26-27-29-30-32-34-39(42)44-37-38(36-41)45-40(43)35-33-31-28-12-10-8-6-4-2/h38,41H,3-37H2,1-2H3/t38-/m0/s1. The maximum atomic E-state index is 12.1. The summed E-state index contributed by atoms with van der Waals surface area (Å²) in [6.45, 7) is 4.13. The number of hydrogen-bond acceptors (Lipinski definition) is 5. The first-order chi connectivity index (χ1) is 22.1. The lowest BCUT2D eigenvalue weighted by Crippen LogP contribution is -2.28. The summed E-state index contributed by atoms with van der Waals surface area (Å²) in [5.74, 6) is -0.582. The summed E-state index contributed by atoms with van der Waals surface area (Å²) in [6, 6.07) is 0. The number of esters is 2. The van der Waals surface area contributed by atoms with E-state index in [9.17, 15) is 14.7 Å². The van der Waals surface area contributed by atoms with Crippen molar-refractivity contribution in [3.63, 3.8) is 0 Å². The largest absolute Gasteiger partial charge is 0.462 e. The van der Waals surface area contributed by atoms with E-state index in [1.54, 1.807) is 0 Å². The number of hydrogen-bond donors (Lipinski definition) is 1. The molecule has 0 saturated carbocycles. The maximum absolute atomic E-state index is 12.1. The van der Waals surface area contributed by atoms with Gasteiger partial charge < -0.3 is 14.6 Å². The maximum Gasteiger partial charge on any atom is 0.306 e. The molecule has 0 aromatic rings. The van der Waals surface area contributed by atoms with Crippen LogP contribution in [0.2, 0.25) is 0 Å². The van der Waals surface area contributed by atoms with Crippen LogP contribution in [0.15, 0.2) is 0 Å². The normalized spacial score (nSPS) is 12.0. The smallest absolute Gasteiger partial charge is 0.306 e. The van der Waals surface area contributed by atoms with Crippen molar-refractivity contribution in [2.75, 3.05) is 13.2 Å². The molecule has 0 aliphatic heterocycles. The van der Waals surface area contributed by atoms with Gasteiger partial charge in [-0.05, 0) is 12.8 Å². The fourth-order valence-electron chi connectivity index (χ4n) is 6.08. The molecule has 5 nitrogen and oxygen atoms in total. The van der Waals surface area contributed by atoms with Crippen molar-refractivity contribution in [1.82, 2.24) is 0 Å². The molecule has 268 valence electrons. The van der Waals surface area contributed by atoms with E-state index in [0.717, 1.165) is 32.1 Å². The molecule has 0 fully saturated rings. The molecule has 0 aliphatic rings. The van der Waals surface area contributed by atoms with Crippen molar-refractivity contribution >= 4 is 11.9 Å². The molecule has 0 saturated heterocycles. The summed E-state index contributed by atoms with van der Waals surface area (Å²) >= 11 is 0. The van der Waals surface area contributed by atoms with E-state index in [0.29, 0.717) is 12.8 Å². The second kappa shape index (κ2) is 37.4. The van der Waals surface area contributed by atoms with Gasteiger partial charge in [0.15, 0.2) is 6.10 Å². The van der Waals surface area contributed by atoms with E-state index >= 15 is 0 Å². The molecule has 0 rings (SSSR count). The van der Waals surface area contributed by atoms with Gasteiger partial charge in [0.05, 0.1) is 6.61 Å². The van der Waals surface area contributed by atoms with E-state index in [-0.39, 0.29) is 25.2 Å². The fraction of sp³-hybridized carbons (Fsp3) is 0.950. The average molecular weight is 639 g/mol. The van der Waals surface area contributed by atoms with Crippen LogP contribution in [0.4, 0.5) is 0 Å². The van der Waals surface area contributed by atoms with E-state index in [2.05, 4.69) is 13.8 Å². The summed E-state index contributed by atoms with van der Waals surface area (Å²) in [5.41, 5.74) is 0. The monoisotopic (exact) mass is 639 g/mol. The molecule has 0 bridgehead atoms. The summed E-state index contributed by atoms with van der Waals surface area (Å²) < 4.78 is 10.6. The lowest BCUT2D eigenvalue weighted by molar-refractivity contribution is -0.161. The van der Waals surface area contributed by atoms with Crippen molar-refractivity contribution in [1.29, 1.82) is 0 Å². The highest BCUT2D eigenvalue weighted by Gasteiger charge is 2.16. The van der Waals surface area contributed by atoms with Crippen molar-refractivity contribution in [2.24, 2.45) is 0 Å². The molecule has 0 aromatic carbocycles. The quantitative estimate of drug-likeness (QED) is 0.0541. The highest BCUT2D eigenvalue weighted by Crippen LogP contribution is 2.16. The number of unbranched alkanes of at least 4 members (excludes halogenated alkanes) is 29. The van der Waals surface area contributed by atoms with Crippen LogP contribution in [0, 0.1) is 0 Å². The van der Waals surface area contributed by atoms with Crippen LogP contribution in [-0.2, 0) is 19.1 Å². The minimum absolute atomic E-state index is 0.0577. The highest BCUT2D eigenvalue weighted by atomic mass is 16.6. The molecule has 0 amide bonds. The Morgan fingerprint density at radius 2 is 0.689 bits per heavy atom. The first-order valence-electron chi connectivity index (χ1n) is 20.1. The topological polar surface area (TPSA) is 72.8 Å². The molecule has 0 radical (unpaired) electrons. The second-order valence-corrected chi connectivity index (χ2v) is 13.7. The SMILES string of the molecule is CCCCCCCCCCCCCCCCCCCCCCCCCC(=O)OC[C@H](CO)OC(=O)CCCCCCCCCC. The molecule has 0 aliphatic carbocycles. The Kier molecular flexibility index (Phi) is 36.4. The molecule has 5 heteroatoms. The van der Waals surface area contributed by atoms with Crippen LogP contribution in [0.3, 0.4) is 0 Å². The lowest BCUT2D eigenvalue weighted by Gasteiger charge is -2.15. The van der Waals surface area contributed by atoms with Gasteiger partial charge >= 0.3 is 11.9 Å². The van der Waals surface area contributed by atoms with Crippen LogP contribution in [0.1, 0.15) is 226 Å². The van der Waals surface area contributed by atoms with Crippen molar-refractivity contribution < 1.29 is 24.2 Å². The van der Waals surface area contributed by atoms with Crippen molar-refractivity contribution in [3.05, 3.63) is 0 Å². The van der Waals surface area contributed by atoms with Gasteiger partial charge in [0.1, 0.15) is 6.61 Å². The van der Waals surface area contributed by atoms with Crippen LogP contribution in [-0.4, -0.2) is 36.4 Å². The number of carbonyl (C=O) groups excluding carboxylic acids is 2. The zero-order chi connectivity index (χ0) is 32.9. The number of carbonyl (C=O) groups is 2. The fourth-order valence-corrected chi connectivity index (χ4v) is 6.08. The average Bonchev–Trinajstić information content (AvgIpc) is 3.04. The van der Waals surface area contributed by atoms with E-state index in [1.807, 2.05) is 0 Å². The van der Waals surface area contributed by atoms with Gasteiger partial charge in [0, 0.05) is 12.8 Å². The van der Waals surface area contributed by atoms with Crippen LogP contribution >= 0.6 is 0 Å². The van der Waals surface area contributed by atoms with E-state index in [1.165, 1.54) is 167 Å². The molecule has 1 atom stereocenters. The third-order valence-electron chi connectivity index (χ3n) is 9.15. The zero-order valence-corrected chi connectivity index (χ0v) is 30.4.